The highest BCUT2D eigenvalue weighted by Crippen LogP contribution is 2.40. The van der Waals surface area contributed by atoms with Crippen LogP contribution >= 0.6 is 11.3 Å². The van der Waals surface area contributed by atoms with Gasteiger partial charge in [-0.3, -0.25) is 4.40 Å². The lowest BCUT2D eigenvalue weighted by atomic mass is 10.2. The molecule has 28 heavy (non-hydrogen) atoms. The monoisotopic (exact) mass is 433 g/mol. The number of hydrogen-bond donors (Lipinski definition) is 1. The van der Waals surface area contributed by atoms with Crippen LogP contribution in [0.2, 0.25) is 0 Å². The van der Waals surface area contributed by atoms with Crippen LogP contribution in [0.3, 0.4) is 0 Å². The lowest BCUT2D eigenvalue weighted by Gasteiger charge is -2.25. The lowest BCUT2D eigenvalue weighted by Crippen LogP contribution is -2.41. The van der Waals surface area contributed by atoms with Crippen molar-refractivity contribution in [3.8, 4) is 11.3 Å². The Morgan fingerprint density at radius 2 is 1.79 bits per heavy atom. The van der Waals surface area contributed by atoms with Crippen LogP contribution < -0.4 is 4.72 Å². The number of nitrogens with zero attached hydrogens (tertiary/aromatic N) is 2. The number of aryl methyl sites for hydroxylation is 1. The zero-order valence-electron chi connectivity index (χ0n) is 15.6. The minimum absolute atomic E-state index is 0.0123. The predicted molar refractivity (Wildman–Crippen MR) is 103 cm³/mol. The number of imidazole rings is 1. The zero-order valence-corrected chi connectivity index (χ0v) is 17.2. The predicted octanol–water partition coefficient (Wildman–Crippen LogP) is 5.17. The number of halogens is 4. The molecule has 0 aliphatic heterocycles. The molecule has 0 saturated heterocycles. The van der Waals surface area contributed by atoms with Crippen LogP contribution in [0.15, 0.2) is 30.5 Å². The van der Waals surface area contributed by atoms with Gasteiger partial charge in [-0.15, -0.1) is 0 Å². The number of alkyl halides is 3. The van der Waals surface area contributed by atoms with E-state index in [0.29, 0.717) is 21.9 Å². The second-order valence-electron chi connectivity index (χ2n) is 7.31. The van der Waals surface area contributed by atoms with Crippen molar-refractivity contribution in [3.63, 3.8) is 0 Å². The van der Waals surface area contributed by atoms with Crippen molar-refractivity contribution >= 4 is 27.3 Å². The van der Waals surface area contributed by atoms with Gasteiger partial charge in [0.1, 0.15) is 5.82 Å². The van der Waals surface area contributed by atoms with Crippen LogP contribution in [0.5, 0.6) is 0 Å². The van der Waals surface area contributed by atoms with E-state index in [2.05, 4.69) is 9.71 Å². The maximum Gasteiger partial charge on any atom is 0.409 e. The summed E-state index contributed by atoms with van der Waals surface area (Å²) in [5.74, 6) is -0.380. The van der Waals surface area contributed by atoms with Crippen molar-refractivity contribution in [1.29, 1.82) is 0 Å². The first-order valence-corrected chi connectivity index (χ1v) is 10.3. The summed E-state index contributed by atoms with van der Waals surface area (Å²) in [6, 6.07) is 3.65. The quantitative estimate of drug-likeness (QED) is 0.578. The summed E-state index contributed by atoms with van der Waals surface area (Å²) in [6.45, 7) is 6.38. The molecule has 4 nitrogen and oxygen atoms in total. The average molecular weight is 433 g/mol. The molecular weight excluding hydrogens is 414 g/mol. The maximum atomic E-state index is 13.7. The molecule has 0 saturated carbocycles. The molecule has 0 bridgehead atoms. The van der Waals surface area contributed by atoms with Crippen LogP contribution in [0, 0.1) is 12.7 Å². The lowest BCUT2D eigenvalue weighted by molar-refractivity contribution is -0.152. The third-order valence-corrected chi connectivity index (χ3v) is 6.89. The van der Waals surface area contributed by atoms with Crippen molar-refractivity contribution in [3.05, 3.63) is 46.9 Å². The fourth-order valence-electron chi connectivity index (χ4n) is 2.55. The van der Waals surface area contributed by atoms with Gasteiger partial charge in [0.2, 0.25) is 0 Å². The standard InChI is InChI=1S/C18H19F4N3OS2/c1-10-14(15(18(20,21)22)24-28(26)17(2,3)4)27-16-23-13(9-25(10)16)11-5-7-12(19)8-6-11/h5-9,15,24H,1-4H3/t15-,28-/m0/s1. The van der Waals surface area contributed by atoms with Crippen molar-refractivity contribution in [2.24, 2.45) is 0 Å². The van der Waals surface area contributed by atoms with Gasteiger partial charge < -0.3 is 0 Å². The zero-order chi connectivity index (χ0) is 20.9. The summed E-state index contributed by atoms with van der Waals surface area (Å²) in [7, 11) is -1.90. The van der Waals surface area contributed by atoms with Gasteiger partial charge in [0.15, 0.2) is 11.0 Å². The highest BCUT2D eigenvalue weighted by molar-refractivity contribution is 7.84. The molecule has 2 aromatic heterocycles. The highest BCUT2D eigenvalue weighted by atomic mass is 32.2. The molecule has 152 valence electrons. The first-order chi connectivity index (χ1) is 12.9. The van der Waals surface area contributed by atoms with E-state index in [1.54, 1.807) is 50.4 Å². The Hall–Kier alpha value is -1.78. The molecule has 2 atom stereocenters. The summed E-state index contributed by atoms with van der Waals surface area (Å²) in [5, 5.41) is 0. The molecular formula is C18H19F4N3OS2. The van der Waals surface area contributed by atoms with Crippen molar-refractivity contribution < 1.29 is 21.8 Å². The Labute approximate surface area is 166 Å². The first-order valence-electron chi connectivity index (χ1n) is 8.37. The van der Waals surface area contributed by atoms with Gasteiger partial charge in [0, 0.05) is 17.5 Å². The molecule has 0 spiro atoms. The third-order valence-electron chi connectivity index (χ3n) is 4.10. The van der Waals surface area contributed by atoms with Gasteiger partial charge in [-0.05, 0) is 52.0 Å². The van der Waals surface area contributed by atoms with Gasteiger partial charge in [0.25, 0.3) is 0 Å². The normalized spacial score (nSPS) is 15.1. The maximum absolute atomic E-state index is 13.7. The number of nitrogens with one attached hydrogen (secondary N) is 1. The fourth-order valence-corrected chi connectivity index (χ4v) is 4.63. The SMILES string of the molecule is Cc1c([C@H](N[S@@](=O)C(C)(C)C)C(F)(F)F)sc2nc(-c3ccc(F)cc3)cn12. The molecule has 1 aromatic carbocycles. The summed E-state index contributed by atoms with van der Waals surface area (Å²) in [4.78, 5) is 4.77. The van der Waals surface area contributed by atoms with Crippen LogP contribution in [-0.2, 0) is 11.0 Å². The second kappa shape index (κ2) is 7.23. The second-order valence-corrected chi connectivity index (χ2v) is 10.3. The van der Waals surface area contributed by atoms with E-state index in [4.69, 9.17) is 0 Å². The fraction of sp³-hybridized carbons (Fsp3) is 0.389. The molecule has 0 fully saturated rings. The van der Waals surface area contributed by atoms with Gasteiger partial charge in [-0.1, -0.05) is 11.3 Å². The van der Waals surface area contributed by atoms with E-state index in [0.717, 1.165) is 11.3 Å². The molecule has 0 radical (unpaired) electrons. The molecule has 10 heteroatoms. The number of benzene rings is 1. The average Bonchev–Trinajstić information content (AvgIpc) is 3.11. The van der Waals surface area contributed by atoms with Gasteiger partial charge >= 0.3 is 6.18 Å². The topological polar surface area (TPSA) is 46.4 Å². The smallest absolute Gasteiger partial charge is 0.294 e. The van der Waals surface area contributed by atoms with Crippen molar-refractivity contribution in [2.45, 2.75) is 44.7 Å². The highest BCUT2D eigenvalue weighted by Gasteiger charge is 2.45. The van der Waals surface area contributed by atoms with E-state index < -0.39 is 28.0 Å². The van der Waals surface area contributed by atoms with Gasteiger partial charge in [-0.2, -0.15) is 13.2 Å². The van der Waals surface area contributed by atoms with E-state index in [9.17, 15) is 21.8 Å². The number of hydrogen-bond acceptors (Lipinski definition) is 3. The van der Waals surface area contributed by atoms with E-state index in [1.165, 1.54) is 12.1 Å². The molecule has 2 heterocycles. The Morgan fingerprint density at radius 3 is 2.29 bits per heavy atom. The Balaban J connectivity index is 2.01. The Bertz CT molecular complexity index is 1020. The first kappa shape index (κ1) is 20.9. The minimum atomic E-state index is -4.62. The van der Waals surface area contributed by atoms with Gasteiger partial charge in [0.05, 0.1) is 26.3 Å². The van der Waals surface area contributed by atoms with Crippen LogP contribution in [0.1, 0.15) is 37.4 Å². The molecule has 1 N–H and O–H groups in total. The summed E-state index contributed by atoms with van der Waals surface area (Å²) < 4.78 is 69.4. The number of thiazole rings is 1. The van der Waals surface area contributed by atoms with Crippen LogP contribution in [0.25, 0.3) is 16.2 Å². The Morgan fingerprint density at radius 1 is 1.18 bits per heavy atom. The van der Waals surface area contributed by atoms with Gasteiger partial charge in [-0.25, -0.2) is 18.3 Å². The van der Waals surface area contributed by atoms with E-state index in [-0.39, 0.29) is 10.7 Å². The summed E-state index contributed by atoms with van der Waals surface area (Å²) >= 11 is 0.891. The molecule has 0 amide bonds. The largest absolute Gasteiger partial charge is 0.409 e. The van der Waals surface area contributed by atoms with Crippen molar-refractivity contribution in [1.82, 2.24) is 14.1 Å². The van der Waals surface area contributed by atoms with Crippen LogP contribution in [0.4, 0.5) is 17.6 Å². The van der Waals surface area contributed by atoms with E-state index >= 15 is 0 Å². The number of aromatic nitrogens is 2. The molecule has 0 unspecified atom stereocenters. The number of rotatable bonds is 4. The molecule has 3 aromatic rings. The van der Waals surface area contributed by atoms with Crippen molar-refractivity contribution in [2.75, 3.05) is 0 Å². The molecule has 0 aliphatic carbocycles. The minimum Gasteiger partial charge on any atom is -0.294 e. The third kappa shape index (κ3) is 4.13. The number of fused-ring (bicyclic) bond motifs is 1. The summed E-state index contributed by atoms with van der Waals surface area (Å²) in [6.07, 6.45) is -3.00. The molecule has 3 rings (SSSR count). The summed E-state index contributed by atoms with van der Waals surface area (Å²) in [5.41, 5.74) is 1.56. The molecule has 0 aliphatic rings. The van der Waals surface area contributed by atoms with E-state index in [1.807, 2.05) is 0 Å². The Kier molecular flexibility index (Phi) is 5.41. The van der Waals surface area contributed by atoms with Crippen LogP contribution in [-0.4, -0.2) is 24.5 Å².